The van der Waals surface area contributed by atoms with Crippen molar-refractivity contribution in [2.75, 3.05) is 18.4 Å². The molecule has 1 N–H and O–H groups in total. The number of amides is 1. The lowest BCUT2D eigenvalue weighted by Gasteiger charge is -2.31. The van der Waals surface area contributed by atoms with E-state index in [0.29, 0.717) is 25.5 Å². The van der Waals surface area contributed by atoms with Crippen LogP contribution in [0.1, 0.15) is 39.2 Å². The van der Waals surface area contributed by atoms with Gasteiger partial charge in [0, 0.05) is 44.2 Å². The van der Waals surface area contributed by atoms with Crippen molar-refractivity contribution >= 4 is 11.9 Å². The Morgan fingerprint density at radius 2 is 2.04 bits per heavy atom. The predicted molar refractivity (Wildman–Crippen MR) is 83.6 cm³/mol. The smallest absolute Gasteiger partial charge is 0.413 e. The zero-order valence-corrected chi connectivity index (χ0v) is 13.7. The highest BCUT2D eigenvalue weighted by Crippen LogP contribution is 2.29. The van der Waals surface area contributed by atoms with Gasteiger partial charge in [-0.1, -0.05) is 6.07 Å². The zero-order valence-electron chi connectivity index (χ0n) is 13.7. The van der Waals surface area contributed by atoms with Crippen LogP contribution in [-0.2, 0) is 11.3 Å². The third-order valence-electron chi connectivity index (χ3n) is 3.49. The third-order valence-corrected chi connectivity index (χ3v) is 3.49. The number of likely N-dealkylation sites (tertiary alicyclic amines) is 1. The molecule has 2 rings (SSSR count). The first-order valence-corrected chi connectivity index (χ1v) is 7.69. The van der Waals surface area contributed by atoms with Crippen LogP contribution in [0.5, 0.6) is 0 Å². The Kier molecular flexibility index (Phi) is 5.19. The average molecular weight is 327 g/mol. The monoisotopic (exact) mass is 327 g/mol. The molecule has 0 aliphatic carbocycles. The number of anilines is 1. The number of hydrogen-bond donors (Lipinski definition) is 1. The molecule has 0 radical (unpaired) electrons. The van der Waals surface area contributed by atoms with Gasteiger partial charge in [0.15, 0.2) is 0 Å². The number of hydrogen-bond acceptors (Lipinski definition) is 4. The maximum Gasteiger partial charge on any atom is 0.413 e. The van der Waals surface area contributed by atoms with E-state index in [0.717, 1.165) is 5.56 Å². The van der Waals surface area contributed by atoms with Crippen LogP contribution in [0.2, 0.25) is 0 Å². The molecule has 1 saturated heterocycles. The number of ether oxygens (including phenoxy) is 1. The van der Waals surface area contributed by atoms with Gasteiger partial charge in [-0.15, -0.1) is 0 Å². The standard InChI is InChI=1S/C16H23F2N3O2/c1-15(2,3)23-14(22)20-13-12(5-4-8-19-13)11-21-9-6-16(17,18)7-10-21/h4-5,8H,6-7,9-11H2,1-3H3,(H,19,20,22). The molecule has 0 saturated carbocycles. The van der Waals surface area contributed by atoms with E-state index in [1.165, 1.54) is 0 Å². The molecule has 0 unspecified atom stereocenters. The molecule has 1 aliphatic heterocycles. The van der Waals surface area contributed by atoms with Gasteiger partial charge >= 0.3 is 6.09 Å². The van der Waals surface area contributed by atoms with Crippen molar-refractivity contribution in [1.29, 1.82) is 0 Å². The van der Waals surface area contributed by atoms with E-state index in [1.807, 2.05) is 11.0 Å². The van der Waals surface area contributed by atoms with Crippen LogP contribution in [0.4, 0.5) is 19.4 Å². The molecule has 128 valence electrons. The maximum absolute atomic E-state index is 13.2. The van der Waals surface area contributed by atoms with Crippen molar-refractivity contribution in [1.82, 2.24) is 9.88 Å². The van der Waals surface area contributed by atoms with Crippen LogP contribution < -0.4 is 5.32 Å². The summed E-state index contributed by atoms with van der Waals surface area (Å²) in [5.74, 6) is -2.16. The minimum absolute atomic E-state index is 0.137. The summed E-state index contributed by atoms with van der Waals surface area (Å²) in [5, 5.41) is 2.63. The fraction of sp³-hybridized carbons (Fsp3) is 0.625. The summed E-state index contributed by atoms with van der Waals surface area (Å²) in [6, 6.07) is 3.58. The second kappa shape index (κ2) is 6.78. The molecule has 0 aromatic carbocycles. The van der Waals surface area contributed by atoms with Gasteiger partial charge in [-0.05, 0) is 26.8 Å². The minimum atomic E-state index is -2.57. The number of rotatable bonds is 3. The quantitative estimate of drug-likeness (QED) is 0.920. The second-order valence-electron chi connectivity index (χ2n) is 6.77. The van der Waals surface area contributed by atoms with Crippen LogP contribution in [0.15, 0.2) is 18.3 Å². The van der Waals surface area contributed by atoms with E-state index in [1.54, 1.807) is 33.0 Å². The van der Waals surface area contributed by atoms with Gasteiger partial charge in [0.05, 0.1) is 0 Å². The van der Waals surface area contributed by atoms with Crippen molar-refractivity contribution in [3.63, 3.8) is 0 Å². The number of nitrogens with one attached hydrogen (secondary N) is 1. The number of aromatic nitrogens is 1. The van der Waals surface area contributed by atoms with Crippen molar-refractivity contribution in [2.45, 2.75) is 51.7 Å². The van der Waals surface area contributed by atoms with Gasteiger partial charge in [-0.3, -0.25) is 10.2 Å². The summed E-state index contributed by atoms with van der Waals surface area (Å²) in [6.07, 6.45) is 0.715. The lowest BCUT2D eigenvalue weighted by Crippen LogP contribution is -2.39. The lowest BCUT2D eigenvalue weighted by atomic mass is 10.1. The van der Waals surface area contributed by atoms with Crippen molar-refractivity contribution < 1.29 is 18.3 Å². The molecule has 5 nitrogen and oxygen atoms in total. The van der Waals surface area contributed by atoms with E-state index in [4.69, 9.17) is 4.74 Å². The highest BCUT2D eigenvalue weighted by atomic mass is 19.3. The summed E-state index contributed by atoms with van der Waals surface area (Å²) in [7, 11) is 0. The van der Waals surface area contributed by atoms with Crippen LogP contribution in [0, 0.1) is 0 Å². The second-order valence-corrected chi connectivity index (χ2v) is 6.77. The Labute approximate surface area is 135 Å². The highest BCUT2D eigenvalue weighted by molar-refractivity contribution is 5.84. The number of nitrogens with zero attached hydrogens (tertiary/aromatic N) is 2. The third kappa shape index (κ3) is 5.74. The Balaban J connectivity index is 1.99. The van der Waals surface area contributed by atoms with Gasteiger partial charge in [0.25, 0.3) is 5.92 Å². The first-order chi connectivity index (χ1) is 10.6. The molecule has 7 heteroatoms. The molecule has 1 aromatic rings. The number of carbonyl (C=O) groups excluding carboxylic acids is 1. The Morgan fingerprint density at radius 1 is 1.39 bits per heavy atom. The van der Waals surface area contributed by atoms with Crippen LogP contribution >= 0.6 is 0 Å². The molecule has 0 atom stereocenters. The van der Waals surface area contributed by atoms with Crippen LogP contribution in [-0.4, -0.2) is 40.6 Å². The molecular weight excluding hydrogens is 304 g/mol. The molecule has 1 fully saturated rings. The van der Waals surface area contributed by atoms with Gasteiger partial charge < -0.3 is 4.74 Å². The van der Waals surface area contributed by atoms with Gasteiger partial charge in [-0.2, -0.15) is 0 Å². The molecular formula is C16H23F2N3O2. The normalized spacial score (nSPS) is 18.5. The van der Waals surface area contributed by atoms with Crippen molar-refractivity contribution in [2.24, 2.45) is 0 Å². The molecule has 1 aliphatic rings. The number of halogens is 2. The molecule has 0 bridgehead atoms. The number of pyridine rings is 1. The molecule has 1 amide bonds. The Hall–Kier alpha value is -1.76. The molecule has 1 aromatic heterocycles. The van der Waals surface area contributed by atoms with Gasteiger partial charge in [-0.25, -0.2) is 18.6 Å². The van der Waals surface area contributed by atoms with Crippen LogP contribution in [0.3, 0.4) is 0 Å². The van der Waals surface area contributed by atoms with E-state index in [2.05, 4.69) is 10.3 Å². The summed E-state index contributed by atoms with van der Waals surface area (Å²) in [5.41, 5.74) is 0.181. The minimum Gasteiger partial charge on any atom is -0.444 e. The largest absolute Gasteiger partial charge is 0.444 e. The SMILES string of the molecule is CC(C)(C)OC(=O)Nc1ncccc1CN1CCC(F)(F)CC1. The number of piperidine rings is 1. The van der Waals surface area contributed by atoms with Crippen LogP contribution in [0.25, 0.3) is 0 Å². The zero-order chi connectivity index (χ0) is 17.1. The van der Waals surface area contributed by atoms with E-state index >= 15 is 0 Å². The van der Waals surface area contributed by atoms with Crippen molar-refractivity contribution in [3.8, 4) is 0 Å². The molecule has 2 heterocycles. The number of carbonyl (C=O) groups is 1. The van der Waals surface area contributed by atoms with E-state index in [-0.39, 0.29) is 12.8 Å². The molecule has 0 spiro atoms. The first-order valence-electron chi connectivity index (χ1n) is 7.69. The number of alkyl halides is 2. The van der Waals surface area contributed by atoms with Gasteiger partial charge in [0.1, 0.15) is 11.4 Å². The van der Waals surface area contributed by atoms with Gasteiger partial charge in [0.2, 0.25) is 0 Å². The fourth-order valence-corrected chi connectivity index (χ4v) is 2.36. The van der Waals surface area contributed by atoms with E-state index < -0.39 is 17.6 Å². The fourth-order valence-electron chi connectivity index (χ4n) is 2.36. The topological polar surface area (TPSA) is 54.5 Å². The predicted octanol–water partition coefficient (Wildman–Crippen LogP) is 3.66. The first kappa shape index (κ1) is 17.6. The summed E-state index contributed by atoms with van der Waals surface area (Å²) < 4.78 is 31.6. The molecule has 23 heavy (non-hydrogen) atoms. The Morgan fingerprint density at radius 3 is 2.65 bits per heavy atom. The highest BCUT2D eigenvalue weighted by Gasteiger charge is 2.34. The average Bonchev–Trinajstić information content (AvgIpc) is 2.41. The maximum atomic E-state index is 13.2. The summed E-state index contributed by atoms with van der Waals surface area (Å²) in [6.45, 7) is 6.45. The van der Waals surface area contributed by atoms with Crippen molar-refractivity contribution in [3.05, 3.63) is 23.9 Å². The lowest BCUT2D eigenvalue weighted by molar-refractivity contribution is -0.0566. The summed E-state index contributed by atoms with van der Waals surface area (Å²) in [4.78, 5) is 18.0. The Bertz CT molecular complexity index is 549. The summed E-state index contributed by atoms with van der Waals surface area (Å²) >= 11 is 0. The van der Waals surface area contributed by atoms with E-state index in [9.17, 15) is 13.6 Å².